The largest absolute Gasteiger partial charge is 0.497 e. The van der Waals surface area contributed by atoms with Crippen molar-refractivity contribution in [1.29, 1.82) is 0 Å². The first kappa shape index (κ1) is 17.5. The van der Waals surface area contributed by atoms with Crippen LogP contribution in [0.1, 0.15) is 36.5 Å². The van der Waals surface area contributed by atoms with Gasteiger partial charge in [-0.1, -0.05) is 0 Å². The van der Waals surface area contributed by atoms with Gasteiger partial charge in [0.05, 0.1) is 19.6 Å². The zero-order valence-electron chi connectivity index (χ0n) is 16.6. The Bertz CT molecular complexity index is 1050. The lowest BCUT2D eigenvalue weighted by Crippen LogP contribution is -2.19. The molecule has 0 bridgehead atoms. The van der Waals surface area contributed by atoms with Crippen molar-refractivity contribution in [1.82, 2.24) is 0 Å². The van der Waals surface area contributed by atoms with Gasteiger partial charge in [-0.2, -0.15) is 0 Å². The van der Waals surface area contributed by atoms with Crippen LogP contribution in [0.25, 0.3) is 21.9 Å². The molecule has 0 aliphatic carbocycles. The van der Waals surface area contributed by atoms with Crippen LogP contribution in [0.5, 0.6) is 11.5 Å². The molecular formula is C23H24O4. The van der Waals surface area contributed by atoms with Crippen molar-refractivity contribution >= 4 is 21.9 Å². The van der Waals surface area contributed by atoms with Gasteiger partial charge in [0.15, 0.2) is 0 Å². The number of methoxy groups -OCH3 is 2. The summed E-state index contributed by atoms with van der Waals surface area (Å²) in [5.41, 5.74) is 3.47. The van der Waals surface area contributed by atoms with Gasteiger partial charge in [0.25, 0.3) is 0 Å². The molecule has 4 rings (SSSR count). The molecule has 0 fully saturated rings. The van der Waals surface area contributed by atoms with Crippen LogP contribution in [0.2, 0.25) is 0 Å². The molecule has 0 amide bonds. The molecule has 0 spiro atoms. The van der Waals surface area contributed by atoms with Crippen LogP contribution in [0.15, 0.2) is 45.2 Å². The lowest BCUT2D eigenvalue weighted by Gasteiger charge is -2.21. The molecule has 0 N–H and O–H groups in total. The van der Waals surface area contributed by atoms with E-state index in [-0.39, 0.29) is 0 Å². The average molecular weight is 364 g/mol. The first-order chi connectivity index (χ1) is 12.9. The van der Waals surface area contributed by atoms with Crippen LogP contribution in [0.4, 0.5) is 0 Å². The molecule has 0 aliphatic rings. The van der Waals surface area contributed by atoms with Crippen molar-refractivity contribution in [2.75, 3.05) is 14.2 Å². The van der Waals surface area contributed by atoms with Crippen molar-refractivity contribution in [3.63, 3.8) is 0 Å². The Hall–Kier alpha value is -2.88. The molecule has 4 nitrogen and oxygen atoms in total. The summed E-state index contributed by atoms with van der Waals surface area (Å²) in [4.78, 5) is 0. The maximum Gasteiger partial charge on any atom is 0.138 e. The average Bonchev–Trinajstić information content (AvgIpc) is 3.19. The third-order valence-corrected chi connectivity index (χ3v) is 5.43. The summed E-state index contributed by atoms with van der Waals surface area (Å²) in [5, 5.41) is 2.18. The number of benzene rings is 2. The molecule has 4 aromatic rings. The second-order valence-electron chi connectivity index (χ2n) is 7.46. The highest BCUT2D eigenvalue weighted by molar-refractivity contribution is 5.86. The van der Waals surface area contributed by atoms with Crippen LogP contribution < -0.4 is 9.47 Å². The van der Waals surface area contributed by atoms with Crippen LogP contribution in [0.3, 0.4) is 0 Å². The third kappa shape index (κ3) is 2.59. The minimum Gasteiger partial charge on any atom is -0.497 e. The van der Waals surface area contributed by atoms with E-state index in [9.17, 15) is 0 Å². The first-order valence-electron chi connectivity index (χ1n) is 9.02. The van der Waals surface area contributed by atoms with E-state index in [0.29, 0.717) is 0 Å². The predicted molar refractivity (Wildman–Crippen MR) is 107 cm³/mol. The van der Waals surface area contributed by atoms with Crippen molar-refractivity contribution in [2.45, 2.75) is 33.1 Å². The van der Waals surface area contributed by atoms with E-state index in [1.165, 1.54) is 0 Å². The smallest absolute Gasteiger partial charge is 0.138 e. The van der Waals surface area contributed by atoms with Gasteiger partial charge in [-0.05, 0) is 63.1 Å². The Balaban J connectivity index is 1.90. The maximum absolute atomic E-state index is 6.29. The molecule has 4 heteroatoms. The molecule has 0 aliphatic heterocycles. The minimum absolute atomic E-state index is 0.424. The summed E-state index contributed by atoms with van der Waals surface area (Å²) >= 11 is 0. The van der Waals surface area contributed by atoms with Gasteiger partial charge in [-0.3, -0.25) is 0 Å². The van der Waals surface area contributed by atoms with Gasteiger partial charge >= 0.3 is 0 Å². The minimum atomic E-state index is -0.424. The van der Waals surface area contributed by atoms with E-state index in [4.69, 9.17) is 18.3 Å². The van der Waals surface area contributed by atoms with Gasteiger partial charge in [-0.15, -0.1) is 0 Å². The fourth-order valence-electron chi connectivity index (χ4n) is 3.96. The number of furan rings is 2. The van der Waals surface area contributed by atoms with Crippen molar-refractivity contribution in [2.24, 2.45) is 0 Å². The van der Waals surface area contributed by atoms with Gasteiger partial charge in [0, 0.05) is 22.9 Å². The summed E-state index contributed by atoms with van der Waals surface area (Å²) in [6.07, 6.45) is 0. The van der Waals surface area contributed by atoms with Crippen molar-refractivity contribution < 1.29 is 18.3 Å². The summed E-state index contributed by atoms with van der Waals surface area (Å²) in [6, 6.07) is 11.9. The second-order valence-corrected chi connectivity index (χ2v) is 7.46. The Morgan fingerprint density at radius 2 is 1.11 bits per heavy atom. The number of aryl methyl sites for hydroxylation is 2. The summed E-state index contributed by atoms with van der Waals surface area (Å²) in [7, 11) is 3.32. The molecule has 140 valence electrons. The number of rotatable bonds is 4. The molecule has 0 radical (unpaired) electrons. The van der Waals surface area contributed by atoms with E-state index >= 15 is 0 Å². The first-order valence-corrected chi connectivity index (χ1v) is 9.02. The third-order valence-electron chi connectivity index (χ3n) is 5.43. The summed E-state index contributed by atoms with van der Waals surface area (Å²) in [6.45, 7) is 8.46. The molecule has 0 atom stereocenters. The van der Waals surface area contributed by atoms with Crippen LogP contribution >= 0.6 is 0 Å². The zero-order chi connectivity index (χ0) is 19.3. The van der Waals surface area contributed by atoms with Crippen molar-refractivity contribution in [3.05, 3.63) is 59.0 Å². The molecule has 2 aromatic heterocycles. The van der Waals surface area contributed by atoms with Gasteiger partial charge in [0.2, 0.25) is 0 Å². The van der Waals surface area contributed by atoms with Gasteiger partial charge < -0.3 is 18.3 Å². The van der Waals surface area contributed by atoms with E-state index in [1.807, 2.05) is 36.4 Å². The standard InChI is InChI=1S/C23H24O4/c1-13-17-9-7-15(24-5)11-19(17)26-21(13)23(3,4)22-14(2)18-10-8-16(25-6)12-20(18)27-22/h7-12H,1-6H3. The molecule has 27 heavy (non-hydrogen) atoms. The topological polar surface area (TPSA) is 44.7 Å². The number of ether oxygens (including phenoxy) is 2. The number of hydrogen-bond donors (Lipinski definition) is 0. The van der Waals surface area contributed by atoms with Crippen LogP contribution in [0, 0.1) is 13.8 Å². The lowest BCUT2D eigenvalue weighted by atomic mass is 9.83. The fourth-order valence-corrected chi connectivity index (χ4v) is 3.96. The SMILES string of the molecule is COc1ccc2c(C)c(C(C)(C)c3oc4cc(OC)ccc4c3C)oc2c1. The highest BCUT2D eigenvalue weighted by Crippen LogP contribution is 2.43. The molecular weight excluding hydrogens is 340 g/mol. The molecule has 0 saturated carbocycles. The Kier molecular flexibility index (Phi) is 3.95. The molecule has 0 saturated heterocycles. The predicted octanol–water partition coefficient (Wildman–Crippen LogP) is 6.14. The molecule has 2 aromatic carbocycles. The quantitative estimate of drug-likeness (QED) is 0.436. The summed E-state index contributed by atoms with van der Waals surface area (Å²) in [5.74, 6) is 3.37. The van der Waals surface area contributed by atoms with E-state index in [1.54, 1.807) is 14.2 Å². The van der Waals surface area contributed by atoms with E-state index in [0.717, 1.165) is 56.1 Å². The normalized spacial score (nSPS) is 12.1. The second kappa shape index (κ2) is 6.08. The molecule has 0 unspecified atom stereocenters. The highest BCUT2D eigenvalue weighted by Gasteiger charge is 2.35. The van der Waals surface area contributed by atoms with Crippen LogP contribution in [-0.4, -0.2) is 14.2 Å². The maximum atomic E-state index is 6.29. The monoisotopic (exact) mass is 364 g/mol. The fraction of sp³-hybridized carbons (Fsp3) is 0.304. The van der Waals surface area contributed by atoms with Crippen molar-refractivity contribution in [3.8, 4) is 11.5 Å². The Labute approximate surface area is 158 Å². The zero-order valence-corrected chi connectivity index (χ0v) is 16.6. The van der Waals surface area contributed by atoms with Gasteiger partial charge in [0.1, 0.15) is 34.2 Å². The number of fused-ring (bicyclic) bond motifs is 2. The van der Waals surface area contributed by atoms with E-state index < -0.39 is 5.41 Å². The molecule has 2 heterocycles. The highest BCUT2D eigenvalue weighted by atomic mass is 16.5. The lowest BCUT2D eigenvalue weighted by molar-refractivity contribution is 0.379. The summed E-state index contributed by atoms with van der Waals surface area (Å²) < 4.78 is 23.2. The van der Waals surface area contributed by atoms with E-state index in [2.05, 4.69) is 27.7 Å². The number of hydrogen-bond acceptors (Lipinski definition) is 4. The van der Waals surface area contributed by atoms with Crippen LogP contribution in [-0.2, 0) is 5.41 Å². The Morgan fingerprint density at radius 1 is 0.704 bits per heavy atom. The van der Waals surface area contributed by atoms with Gasteiger partial charge in [-0.25, -0.2) is 0 Å². The Morgan fingerprint density at radius 3 is 1.48 bits per heavy atom.